The van der Waals surface area contributed by atoms with Gasteiger partial charge in [0.1, 0.15) is 6.04 Å². The van der Waals surface area contributed by atoms with Crippen LogP contribution in [0.4, 0.5) is 5.69 Å². The van der Waals surface area contributed by atoms with Crippen LogP contribution in [0, 0.1) is 0 Å². The lowest BCUT2D eigenvalue weighted by Crippen LogP contribution is -2.54. The summed E-state index contributed by atoms with van der Waals surface area (Å²) in [5, 5.41) is 5.44. The Morgan fingerprint density at radius 2 is 1.64 bits per heavy atom. The first kappa shape index (κ1) is 31.8. The fourth-order valence-electron chi connectivity index (χ4n) is 5.56. The molecule has 44 heavy (non-hydrogen) atoms. The van der Waals surface area contributed by atoms with Crippen LogP contribution in [0.15, 0.2) is 89.8 Å². The van der Waals surface area contributed by atoms with Crippen LogP contribution in [0.25, 0.3) is 10.8 Å². The van der Waals surface area contributed by atoms with Gasteiger partial charge in [0.25, 0.3) is 10.0 Å². The van der Waals surface area contributed by atoms with E-state index in [1.807, 2.05) is 69.3 Å². The SMILES string of the molecule is CC(C)(C)NC(=O)[C@@H](Cc1ccccc1)N(Cc1ccc(Cl)cc1Cl)C(=O)CCCN1c2cccc3cccc(c23)S1(=O)=O. The van der Waals surface area contributed by atoms with Gasteiger partial charge in [-0.1, -0.05) is 83.9 Å². The van der Waals surface area contributed by atoms with Gasteiger partial charge >= 0.3 is 0 Å². The second-order valence-corrected chi connectivity index (χ2v) is 14.7. The maximum atomic E-state index is 14.1. The number of benzene rings is 4. The standard InChI is InChI=1S/C34H35Cl2N3O4S/c1-34(2,3)37-33(41)29(20-23-10-5-4-6-11-23)38(22-25-17-18-26(35)21-27(25)36)31(40)16-9-19-39-28-14-7-12-24-13-8-15-30(32(24)28)44(39,42)43/h4-8,10-15,17-18,21,29H,9,16,19-20,22H2,1-3H3,(H,37,41)/t29-/m1/s1. The predicted octanol–water partition coefficient (Wildman–Crippen LogP) is 6.99. The molecule has 10 heteroatoms. The number of anilines is 1. The molecule has 1 N–H and O–H groups in total. The molecule has 4 aromatic carbocycles. The lowest BCUT2D eigenvalue weighted by molar-refractivity contribution is -0.142. The molecule has 5 rings (SSSR count). The highest BCUT2D eigenvalue weighted by Gasteiger charge is 2.36. The van der Waals surface area contributed by atoms with Crippen LogP contribution in [-0.2, 0) is 32.6 Å². The molecule has 230 valence electrons. The van der Waals surface area contributed by atoms with Crippen molar-refractivity contribution in [2.24, 2.45) is 0 Å². The van der Waals surface area contributed by atoms with Crippen LogP contribution in [0.3, 0.4) is 0 Å². The number of hydrogen-bond acceptors (Lipinski definition) is 4. The molecule has 1 aliphatic rings. The monoisotopic (exact) mass is 651 g/mol. The van der Waals surface area contributed by atoms with Crippen LogP contribution in [-0.4, -0.2) is 43.3 Å². The maximum absolute atomic E-state index is 14.1. The van der Waals surface area contributed by atoms with Crippen LogP contribution in [0.5, 0.6) is 0 Å². The van der Waals surface area contributed by atoms with Crippen LogP contribution in [0.2, 0.25) is 10.0 Å². The number of nitrogens with zero attached hydrogens (tertiary/aromatic N) is 2. The van der Waals surface area contributed by atoms with Crippen LogP contribution in [0.1, 0.15) is 44.7 Å². The van der Waals surface area contributed by atoms with Gasteiger partial charge in [-0.05, 0) is 68.0 Å². The summed E-state index contributed by atoms with van der Waals surface area (Å²) < 4.78 is 28.3. The largest absolute Gasteiger partial charge is 0.350 e. The van der Waals surface area contributed by atoms with Crippen molar-refractivity contribution in [3.05, 3.63) is 106 Å². The Bertz CT molecular complexity index is 1800. The first-order valence-corrected chi connectivity index (χ1v) is 16.7. The van der Waals surface area contributed by atoms with E-state index in [2.05, 4.69) is 5.32 Å². The predicted molar refractivity (Wildman–Crippen MR) is 177 cm³/mol. The molecular formula is C34H35Cl2N3O4S. The van der Waals surface area contributed by atoms with E-state index in [4.69, 9.17) is 23.2 Å². The summed E-state index contributed by atoms with van der Waals surface area (Å²) in [6, 6.07) is 24.5. The molecule has 4 aromatic rings. The van der Waals surface area contributed by atoms with Gasteiger partial charge in [-0.3, -0.25) is 13.9 Å². The molecule has 0 saturated carbocycles. The molecule has 1 heterocycles. The fraction of sp³-hybridized carbons (Fsp3) is 0.294. The highest BCUT2D eigenvalue weighted by atomic mass is 35.5. The number of hydrogen-bond donors (Lipinski definition) is 1. The van der Waals surface area contributed by atoms with E-state index in [1.165, 1.54) is 4.31 Å². The Balaban J connectivity index is 1.43. The molecule has 0 spiro atoms. The van der Waals surface area contributed by atoms with E-state index < -0.39 is 21.6 Å². The molecule has 0 fully saturated rings. The lowest BCUT2D eigenvalue weighted by atomic mass is 10.00. The second-order valence-electron chi connectivity index (χ2n) is 12.0. The minimum Gasteiger partial charge on any atom is -0.350 e. The molecule has 0 aromatic heterocycles. The highest BCUT2D eigenvalue weighted by Crippen LogP contribution is 2.42. The van der Waals surface area contributed by atoms with Crippen molar-refractivity contribution in [2.45, 2.75) is 63.1 Å². The molecule has 0 saturated heterocycles. The van der Waals surface area contributed by atoms with Crippen molar-refractivity contribution < 1.29 is 18.0 Å². The summed E-state index contributed by atoms with van der Waals surface area (Å²) in [5.41, 5.74) is 1.63. The van der Waals surface area contributed by atoms with Gasteiger partial charge in [-0.2, -0.15) is 0 Å². The molecule has 0 aliphatic carbocycles. The van der Waals surface area contributed by atoms with Crippen molar-refractivity contribution in [3.8, 4) is 0 Å². The number of sulfonamides is 1. The maximum Gasteiger partial charge on any atom is 0.265 e. The molecule has 2 amide bonds. The zero-order valence-electron chi connectivity index (χ0n) is 24.9. The Kier molecular flexibility index (Phi) is 9.25. The Morgan fingerprint density at radius 1 is 0.932 bits per heavy atom. The minimum absolute atomic E-state index is 0.0254. The first-order valence-electron chi connectivity index (χ1n) is 14.5. The molecule has 7 nitrogen and oxygen atoms in total. The molecule has 0 radical (unpaired) electrons. The van der Waals surface area contributed by atoms with Gasteiger partial charge < -0.3 is 10.2 Å². The molecule has 1 atom stereocenters. The average molecular weight is 653 g/mol. The Hall–Kier alpha value is -3.59. The van der Waals surface area contributed by atoms with E-state index in [9.17, 15) is 18.0 Å². The summed E-state index contributed by atoms with van der Waals surface area (Å²) in [7, 11) is -3.75. The van der Waals surface area contributed by atoms with Crippen LogP contribution < -0.4 is 9.62 Å². The van der Waals surface area contributed by atoms with Crippen molar-refractivity contribution in [2.75, 3.05) is 10.8 Å². The van der Waals surface area contributed by atoms with Crippen molar-refractivity contribution in [1.82, 2.24) is 10.2 Å². The number of rotatable bonds is 10. The number of nitrogens with one attached hydrogen (secondary N) is 1. The first-order chi connectivity index (χ1) is 20.8. The average Bonchev–Trinajstić information content (AvgIpc) is 3.18. The summed E-state index contributed by atoms with van der Waals surface area (Å²) in [6.45, 7) is 5.87. The van der Waals surface area contributed by atoms with E-state index in [0.717, 1.165) is 10.9 Å². The molecule has 0 unspecified atom stereocenters. The van der Waals surface area contributed by atoms with Gasteiger partial charge in [-0.25, -0.2) is 8.42 Å². The number of carbonyl (C=O) groups is 2. The third kappa shape index (κ3) is 6.88. The second kappa shape index (κ2) is 12.8. The molecule has 1 aliphatic heterocycles. The van der Waals surface area contributed by atoms with Gasteiger partial charge in [-0.15, -0.1) is 0 Å². The quantitative estimate of drug-likeness (QED) is 0.200. The van der Waals surface area contributed by atoms with Gasteiger partial charge in [0.15, 0.2) is 0 Å². The summed E-state index contributed by atoms with van der Waals surface area (Å²) >= 11 is 12.7. The highest BCUT2D eigenvalue weighted by molar-refractivity contribution is 7.93. The van der Waals surface area contributed by atoms with E-state index in [-0.39, 0.29) is 49.1 Å². The topological polar surface area (TPSA) is 86.8 Å². The van der Waals surface area contributed by atoms with E-state index >= 15 is 0 Å². The third-order valence-corrected chi connectivity index (χ3v) is 10.0. The van der Waals surface area contributed by atoms with Crippen molar-refractivity contribution >= 4 is 61.5 Å². The smallest absolute Gasteiger partial charge is 0.265 e. The van der Waals surface area contributed by atoms with Crippen molar-refractivity contribution in [3.63, 3.8) is 0 Å². The van der Waals surface area contributed by atoms with Gasteiger partial charge in [0.2, 0.25) is 11.8 Å². The fourth-order valence-corrected chi connectivity index (χ4v) is 7.77. The Labute approximate surface area is 268 Å². The summed E-state index contributed by atoms with van der Waals surface area (Å²) in [6.07, 6.45) is 0.571. The number of halogens is 2. The zero-order chi connectivity index (χ0) is 31.6. The van der Waals surface area contributed by atoms with Crippen molar-refractivity contribution in [1.29, 1.82) is 0 Å². The molecule has 0 bridgehead atoms. The summed E-state index contributed by atoms with van der Waals surface area (Å²) in [4.78, 5) is 29.7. The normalized spacial score (nSPS) is 14.4. The molecular weight excluding hydrogens is 617 g/mol. The third-order valence-electron chi connectivity index (χ3n) is 7.56. The van der Waals surface area contributed by atoms with Crippen LogP contribution >= 0.6 is 23.2 Å². The van der Waals surface area contributed by atoms with E-state index in [0.29, 0.717) is 26.7 Å². The number of carbonyl (C=O) groups excluding carboxylic acids is 2. The minimum atomic E-state index is -3.75. The number of amides is 2. The van der Waals surface area contributed by atoms with E-state index in [1.54, 1.807) is 41.3 Å². The summed E-state index contributed by atoms with van der Waals surface area (Å²) in [5.74, 6) is -0.572. The zero-order valence-corrected chi connectivity index (χ0v) is 27.2. The Morgan fingerprint density at radius 3 is 2.32 bits per heavy atom. The van der Waals surface area contributed by atoms with Gasteiger partial charge in [0, 0.05) is 46.9 Å². The lowest BCUT2D eigenvalue weighted by Gasteiger charge is -2.34. The van der Waals surface area contributed by atoms with Gasteiger partial charge in [0.05, 0.1) is 10.6 Å².